The van der Waals surface area contributed by atoms with Gasteiger partial charge in [-0.2, -0.15) is 5.10 Å². The molecule has 2 N–H and O–H groups in total. The van der Waals surface area contributed by atoms with Crippen LogP contribution < -0.4 is 5.73 Å². The van der Waals surface area contributed by atoms with Crippen LogP contribution in [0.15, 0.2) is 12.4 Å². The van der Waals surface area contributed by atoms with Crippen LogP contribution in [0.4, 0.5) is 0 Å². The summed E-state index contributed by atoms with van der Waals surface area (Å²) in [6.07, 6.45) is 4.31. The number of hydrogen-bond donors (Lipinski definition) is 1. The number of aromatic nitrogens is 2. The van der Waals surface area contributed by atoms with Crippen LogP contribution in [-0.2, 0) is 11.3 Å². The average molecular weight is 264 g/mol. The molecule has 1 saturated heterocycles. The largest absolute Gasteiger partial charge is 0.369 e. The Hall–Kier alpha value is -1.85. The Morgan fingerprint density at radius 2 is 2.21 bits per heavy atom. The van der Waals surface area contributed by atoms with Gasteiger partial charge in [0.05, 0.1) is 17.7 Å². The van der Waals surface area contributed by atoms with Crippen molar-refractivity contribution in [2.45, 2.75) is 26.8 Å². The highest BCUT2D eigenvalue weighted by molar-refractivity contribution is 5.94. The Balaban J connectivity index is 2.06. The predicted octanol–water partition coefficient (Wildman–Crippen LogP) is 0.487. The van der Waals surface area contributed by atoms with Crippen molar-refractivity contribution in [2.75, 3.05) is 13.1 Å². The molecule has 0 spiro atoms. The highest BCUT2D eigenvalue weighted by atomic mass is 16.2. The number of likely N-dealkylation sites (tertiary alicyclic amines) is 1. The van der Waals surface area contributed by atoms with Crippen molar-refractivity contribution in [1.82, 2.24) is 14.7 Å². The number of aryl methyl sites for hydroxylation is 1. The lowest BCUT2D eigenvalue weighted by molar-refractivity contribution is -0.122. The highest BCUT2D eigenvalue weighted by Gasteiger charge is 2.36. The third-order valence-corrected chi connectivity index (χ3v) is 3.60. The summed E-state index contributed by atoms with van der Waals surface area (Å²) in [5.74, 6) is -0.524. The molecule has 1 aliphatic heterocycles. The minimum absolute atomic E-state index is 0.0713. The fraction of sp³-hybridized carbons (Fsp3) is 0.615. The molecule has 0 bridgehead atoms. The fourth-order valence-electron chi connectivity index (χ4n) is 2.51. The van der Waals surface area contributed by atoms with E-state index in [2.05, 4.69) is 12.0 Å². The van der Waals surface area contributed by atoms with E-state index in [4.69, 9.17) is 5.73 Å². The first-order valence-corrected chi connectivity index (χ1v) is 6.64. The number of carbonyl (C=O) groups excluding carboxylic acids is 2. The van der Waals surface area contributed by atoms with Crippen molar-refractivity contribution in [2.24, 2.45) is 17.6 Å². The summed E-state index contributed by atoms with van der Waals surface area (Å²) in [6, 6.07) is 0. The number of amides is 2. The van der Waals surface area contributed by atoms with Crippen LogP contribution in [-0.4, -0.2) is 39.6 Å². The minimum atomic E-state index is -0.329. The second kappa shape index (κ2) is 5.42. The maximum absolute atomic E-state index is 12.3. The molecule has 1 aliphatic rings. The Labute approximate surface area is 112 Å². The van der Waals surface area contributed by atoms with E-state index in [1.165, 1.54) is 0 Å². The van der Waals surface area contributed by atoms with Gasteiger partial charge >= 0.3 is 0 Å². The Morgan fingerprint density at radius 3 is 2.79 bits per heavy atom. The van der Waals surface area contributed by atoms with E-state index in [-0.39, 0.29) is 23.7 Å². The minimum Gasteiger partial charge on any atom is -0.369 e. The zero-order valence-corrected chi connectivity index (χ0v) is 11.4. The van der Waals surface area contributed by atoms with Crippen LogP contribution in [0.2, 0.25) is 0 Å². The van der Waals surface area contributed by atoms with E-state index in [9.17, 15) is 9.59 Å². The van der Waals surface area contributed by atoms with Gasteiger partial charge in [0.2, 0.25) is 5.91 Å². The van der Waals surface area contributed by atoms with E-state index in [0.29, 0.717) is 18.7 Å². The van der Waals surface area contributed by atoms with Crippen molar-refractivity contribution in [3.63, 3.8) is 0 Å². The summed E-state index contributed by atoms with van der Waals surface area (Å²) in [5, 5.41) is 4.15. The van der Waals surface area contributed by atoms with Crippen LogP contribution in [0, 0.1) is 11.8 Å². The van der Waals surface area contributed by atoms with Crippen molar-refractivity contribution in [3.05, 3.63) is 18.0 Å². The summed E-state index contributed by atoms with van der Waals surface area (Å²) in [7, 11) is 0. The Bertz CT molecular complexity index is 483. The summed E-state index contributed by atoms with van der Waals surface area (Å²) in [4.78, 5) is 25.3. The zero-order valence-electron chi connectivity index (χ0n) is 11.4. The first-order valence-electron chi connectivity index (χ1n) is 6.64. The lowest BCUT2D eigenvalue weighted by Crippen LogP contribution is -2.31. The van der Waals surface area contributed by atoms with Gasteiger partial charge in [0.15, 0.2) is 0 Å². The van der Waals surface area contributed by atoms with E-state index >= 15 is 0 Å². The number of carbonyl (C=O) groups is 2. The highest BCUT2D eigenvalue weighted by Crippen LogP contribution is 2.24. The monoisotopic (exact) mass is 264 g/mol. The first kappa shape index (κ1) is 13.6. The maximum atomic E-state index is 12.3. The maximum Gasteiger partial charge on any atom is 0.257 e. The molecule has 2 amide bonds. The van der Waals surface area contributed by atoms with Gasteiger partial charge in [0.25, 0.3) is 5.91 Å². The molecule has 104 valence electrons. The Kier molecular flexibility index (Phi) is 3.87. The lowest BCUT2D eigenvalue weighted by atomic mass is 9.98. The molecule has 19 heavy (non-hydrogen) atoms. The first-order chi connectivity index (χ1) is 9.02. The number of nitrogens with zero attached hydrogens (tertiary/aromatic N) is 3. The third kappa shape index (κ3) is 2.77. The molecule has 2 rings (SSSR count). The Morgan fingerprint density at radius 1 is 1.47 bits per heavy atom. The third-order valence-electron chi connectivity index (χ3n) is 3.60. The number of hydrogen-bond acceptors (Lipinski definition) is 3. The van der Waals surface area contributed by atoms with Crippen LogP contribution in [0.3, 0.4) is 0 Å². The molecular formula is C13H20N4O2. The summed E-state index contributed by atoms with van der Waals surface area (Å²) >= 11 is 0. The van der Waals surface area contributed by atoms with E-state index in [0.717, 1.165) is 13.0 Å². The average Bonchev–Trinajstić information content (AvgIpc) is 2.95. The summed E-state index contributed by atoms with van der Waals surface area (Å²) < 4.78 is 1.76. The van der Waals surface area contributed by atoms with Gasteiger partial charge in [0.1, 0.15) is 0 Å². The van der Waals surface area contributed by atoms with Crippen molar-refractivity contribution in [3.8, 4) is 0 Å². The zero-order chi connectivity index (χ0) is 14.0. The molecule has 0 aliphatic carbocycles. The fourth-order valence-corrected chi connectivity index (χ4v) is 2.51. The lowest BCUT2D eigenvalue weighted by Gasteiger charge is -2.14. The van der Waals surface area contributed by atoms with Gasteiger partial charge in [-0.05, 0) is 12.3 Å². The van der Waals surface area contributed by atoms with E-state index < -0.39 is 0 Å². The number of nitrogens with two attached hydrogens (primary N) is 1. The molecule has 1 aromatic heterocycles. The van der Waals surface area contributed by atoms with Gasteiger partial charge < -0.3 is 10.6 Å². The predicted molar refractivity (Wildman–Crippen MR) is 70.3 cm³/mol. The van der Waals surface area contributed by atoms with Gasteiger partial charge in [-0.15, -0.1) is 0 Å². The smallest absolute Gasteiger partial charge is 0.257 e. The molecule has 6 nitrogen and oxygen atoms in total. The molecule has 0 unspecified atom stereocenters. The van der Waals surface area contributed by atoms with Gasteiger partial charge in [-0.1, -0.05) is 13.8 Å². The van der Waals surface area contributed by atoms with Crippen LogP contribution in [0.1, 0.15) is 30.6 Å². The summed E-state index contributed by atoms with van der Waals surface area (Å²) in [6.45, 7) is 5.79. The summed E-state index contributed by atoms with van der Waals surface area (Å²) in [5.41, 5.74) is 5.91. The van der Waals surface area contributed by atoms with E-state index in [1.54, 1.807) is 22.0 Å². The number of primary amides is 1. The van der Waals surface area contributed by atoms with Gasteiger partial charge in [-0.3, -0.25) is 14.3 Å². The standard InChI is InChI=1S/C13H20N4O2/c1-3-4-17-7-10(5-15-17)13(19)16-6-9(2)11(8-16)12(14)18/h5,7,9,11H,3-4,6,8H2,1-2H3,(H2,14,18)/t9-,11-/m1/s1. The topological polar surface area (TPSA) is 81.2 Å². The molecule has 2 atom stereocenters. The molecule has 0 saturated carbocycles. The second-order valence-electron chi connectivity index (χ2n) is 5.19. The van der Waals surface area contributed by atoms with Crippen molar-refractivity contribution in [1.29, 1.82) is 0 Å². The van der Waals surface area contributed by atoms with Crippen molar-refractivity contribution >= 4 is 11.8 Å². The SMILES string of the molecule is CCCn1cc(C(=O)N2C[C@@H](C)[C@H](C(N)=O)C2)cn1. The molecule has 6 heteroatoms. The quantitative estimate of drug-likeness (QED) is 0.859. The molecule has 2 heterocycles. The van der Waals surface area contributed by atoms with E-state index in [1.807, 2.05) is 6.92 Å². The normalized spacial score (nSPS) is 22.7. The molecule has 0 aromatic carbocycles. The molecule has 1 aromatic rings. The van der Waals surface area contributed by atoms with Crippen LogP contribution in [0.5, 0.6) is 0 Å². The number of rotatable bonds is 4. The van der Waals surface area contributed by atoms with Crippen LogP contribution in [0.25, 0.3) is 0 Å². The van der Waals surface area contributed by atoms with Crippen LogP contribution >= 0.6 is 0 Å². The van der Waals surface area contributed by atoms with Crippen molar-refractivity contribution < 1.29 is 9.59 Å². The molecular weight excluding hydrogens is 244 g/mol. The second-order valence-corrected chi connectivity index (χ2v) is 5.19. The molecule has 1 fully saturated rings. The van der Waals surface area contributed by atoms with Gasteiger partial charge in [0, 0.05) is 25.8 Å². The molecule has 0 radical (unpaired) electrons. The van der Waals surface area contributed by atoms with Gasteiger partial charge in [-0.25, -0.2) is 0 Å².